The fourth-order valence-corrected chi connectivity index (χ4v) is 4.16. The molecule has 1 aromatic rings. The Morgan fingerprint density at radius 1 is 1.09 bits per heavy atom. The van der Waals surface area contributed by atoms with Crippen molar-refractivity contribution >= 4 is 9.84 Å². The van der Waals surface area contributed by atoms with E-state index >= 15 is 0 Å². The van der Waals surface area contributed by atoms with E-state index in [9.17, 15) is 18.6 Å². The molecule has 0 aliphatic heterocycles. The van der Waals surface area contributed by atoms with E-state index in [1.54, 1.807) is 50.3 Å². The SMILES string of the molecule is C=C[C@@H](C)C(O)[C@@H](C)[C@H](O)[C@@H](C)CS(=O)(=O)c1ccccc1. The first-order valence-electron chi connectivity index (χ1n) is 7.47. The zero-order valence-corrected chi connectivity index (χ0v) is 14.2. The number of hydrogen-bond acceptors (Lipinski definition) is 4. The van der Waals surface area contributed by atoms with Crippen LogP contribution < -0.4 is 0 Å². The molecule has 0 saturated heterocycles. The number of aliphatic hydroxyl groups excluding tert-OH is 2. The lowest BCUT2D eigenvalue weighted by atomic mass is 9.85. The van der Waals surface area contributed by atoms with Gasteiger partial charge in [0.05, 0.1) is 22.9 Å². The summed E-state index contributed by atoms with van der Waals surface area (Å²) in [6.45, 7) is 8.85. The molecule has 0 bridgehead atoms. The predicted octanol–water partition coefficient (Wildman–Crippen LogP) is 2.28. The molecule has 5 atom stereocenters. The van der Waals surface area contributed by atoms with Gasteiger partial charge in [0, 0.05) is 11.8 Å². The Morgan fingerprint density at radius 2 is 1.64 bits per heavy atom. The van der Waals surface area contributed by atoms with Gasteiger partial charge >= 0.3 is 0 Å². The molecule has 0 aliphatic carbocycles. The van der Waals surface area contributed by atoms with Gasteiger partial charge in [0.2, 0.25) is 0 Å². The molecule has 124 valence electrons. The molecule has 0 radical (unpaired) electrons. The van der Waals surface area contributed by atoms with E-state index in [0.717, 1.165) is 0 Å². The number of hydrogen-bond donors (Lipinski definition) is 2. The summed E-state index contributed by atoms with van der Waals surface area (Å²) in [7, 11) is -3.45. The molecule has 0 aliphatic rings. The normalized spacial score (nSPS) is 19.0. The van der Waals surface area contributed by atoms with Crippen LogP contribution in [0.25, 0.3) is 0 Å². The van der Waals surface area contributed by atoms with Gasteiger partial charge in [-0.1, -0.05) is 45.0 Å². The van der Waals surface area contributed by atoms with Crippen molar-refractivity contribution in [2.24, 2.45) is 17.8 Å². The van der Waals surface area contributed by atoms with E-state index in [0.29, 0.717) is 0 Å². The molecule has 1 rings (SSSR count). The number of rotatable bonds is 8. The van der Waals surface area contributed by atoms with Crippen molar-refractivity contribution in [2.75, 3.05) is 5.75 Å². The Morgan fingerprint density at radius 3 is 2.14 bits per heavy atom. The van der Waals surface area contributed by atoms with Gasteiger partial charge in [0.25, 0.3) is 0 Å². The highest BCUT2D eigenvalue weighted by Crippen LogP contribution is 2.24. The molecule has 4 nitrogen and oxygen atoms in total. The fourth-order valence-electron chi connectivity index (χ4n) is 2.51. The number of aliphatic hydroxyl groups is 2. The van der Waals surface area contributed by atoms with Gasteiger partial charge in [-0.25, -0.2) is 8.42 Å². The van der Waals surface area contributed by atoms with Crippen molar-refractivity contribution < 1.29 is 18.6 Å². The maximum absolute atomic E-state index is 12.3. The Balaban J connectivity index is 2.79. The average molecular weight is 326 g/mol. The first-order valence-corrected chi connectivity index (χ1v) is 9.12. The zero-order valence-electron chi connectivity index (χ0n) is 13.4. The van der Waals surface area contributed by atoms with Crippen molar-refractivity contribution in [3.63, 3.8) is 0 Å². The smallest absolute Gasteiger partial charge is 0.178 e. The van der Waals surface area contributed by atoms with Crippen molar-refractivity contribution in [1.29, 1.82) is 0 Å². The number of benzene rings is 1. The van der Waals surface area contributed by atoms with E-state index in [1.165, 1.54) is 0 Å². The maximum Gasteiger partial charge on any atom is 0.178 e. The summed E-state index contributed by atoms with van der Waals surface area (Å²) in [6, 6.07) is 8.20. The van der Waals surface area contributed by atoms with Crippen LogP contribution in [0.4, 0.5) is 0 Å². The van der Waals surface area contributed by atoms with Crippen LogP contribution in [0.1, 0.15) is 20.8 Å². The van der Waals surface area contributed by atoms with Crippen LogP contribution in [0.15, 0.2) is 47.9 Å². The molecule has 1 unspecified atom stereocenters. The molecule has 0 saturated carbocycles. The highest BCUT2D eigenvalue weighted by atomic mass is 32.2. The largest absolute Gasteiger partial charge is 0.392 e. The monoisotopic (exact) mass is 326 g/mol. The predicted molar refractivity (Wildman–Crippen MR) is 88.2 cm³/mol. The quantitative estimate of drug-likeness (QED) is 0.719. The molecular formula is C17H26O4S. The van der Waals surface area contributed by atoms with E-state index < -0.39 is 33.9 Å². The number of sulfone groups is 1. The zero-order chi connectivity index (χ0) is 16.9. The summed E-state index contributed by atoms with van der Waals surface area (Å²) in [6.07, 6.45) is -0.0375. The lowest BCUT2D eigenvalue weighted by Gasteiger charge is -2.30. The molecule has 0 amide bonds. The summed E-state index contributed by atoms with van der Waals surface area (Å²) in [5.74, 6) is -1.24. The third-order valence-electron chi connectivity index (χ3n) is 4.16. The van der Waals surface area contributed by atoms with Crippen molar-refractivity contribution in [3.05, 3.63) is 43.0 Å². The second-order valence-electron chi connectivity index (χ2n) is 6.01. The van der Waals surface area contributed by atoms with Crippen LogP contribution in [0.5, 0.6) is 0 Å². The van der Waals surface area contributed by atoms with Crippen LogP contribution in [-0.4, -0.2) is 36.6 Å². The average Bonchev–Trinajstić information content (AvgIpc) is 2.52. The molecule has 0 heterocycles. The summed E-state index contributed by atoms with van der Waals surface area (Å²) in [4.78, 5) is 0.252. The molecule has 5 heteroatoms. The Labute approximate surface area is 133 Å². The maximum atomic E-state index is 12.3. The fraction of sp³-hybridized carbons (Fsp3) is 0.529. The van der Waals surface area contributed by atoms with Gasteiger partial charge in [-0.3, -0.25) is 0 Å². The van der Waals surface area contributed by atoms with Crippen LogP contribution in [0.3, 0.4) is 0 Å². The van der Waals surface area contributed by atoms with Gasteiger partial charge in [0.1, 0.15) is 0 Å². The Kier molecular flexibility index (Phi) is 6.78. The molecular weight excluding hydrogens is 300 g/mol. The van der Waals surface area contributed by atoms with E-state index in [-0.39, 0.29) is 16.6 Å². The lowest BCUT2D eigenvalue weighted by molar-refractivity contribution is -0.0159. The van der Waals surface area contributed by atoms with Crippen LogP contribution in [0.2, 0.25) is 0 Å². The summed E-state index contributed by atoms with van der Waals surface area (Å²) in [5, 5.41) is 20.5. The Bertz CT molecular complexity index is 568. The minimum atomic E-state index is -3.45. The molecule has 2 N–H and O–H groups in total. The van der Waals surface area contributed by atoms with E-state index in [2.05, 4.69) is 6.58 Å². The Hall–Kier alpha value is -1.17. The van der Waals surface area contributed by atoms with Crippen molar-refractivity contribution in [1.82, 2.24) is 0 Å². The van der Waals surface area contributed by atoms with Gasteiger partial charge < -0.3 is 10.2 Å². The van der Waals surface area contributed by atoms with Crippen LogP contribution >= 0.6 is 0 Å². The summed E-state index contributed by atoms with van der Waals surface area (Å²) < 4.78 is 24.7. The van der Waals surface area contributed by atoms with Gasteiger partial charge in [-0.2, -0.15) is 0 Å². The van der Waals surface area contributed by atoms with Crippen molar-refractivity contribution in [3.8, 4) is 0 Å². The van der Waals surface area contributed by atoms with E-state index in [4.69, 9.17) is 0 Å². The minimum Gasteiger partial charge on any atom is -0.392 e. The molecule has 0 aromatic heterocycles. The van der Waals surface area contributed by atoms with Crippen LogP contribution in [0, 0.1) is 17.8 Å². The third kappa shape index (κ3) is 4.66. The molecule has 0 spiro atoms. The highest BCUT2D eigenvalue weighted by Gasteiger charge is 2.32. The van der Waals surface area contributed by atoms with Gasteiger partial charge in [-0.15, -0.1) is 6.58 Å². The first kappa shape index (κ1) is 18.9. The highest BCUT2D eigenvalue weighted by molar-refractivity contribution is 7.91. The van der Waals surface area contributed by atoms with Crippen molar-refractivity contribution in [2.45, 2.75) is 37.9 Å². The second-order valence-corrected chi connectivity index (χ2v) is 8.04. The van der Waals surface area contributed by atoms with E-state index in [1.807, 2.05) is 6.92 Å². The summed E-state index contributed by atoms with van der Waals surface area (Å²) >= 11 is 0. The van der Waals surface area contributed by atoms with Gasteiger partial charge in [-0.05, 0) is 18.1 Å². The molecule has 1 aromatic carbocycles. The minimum absolute atomic E-state index is 0.155. The topological polar surface area (TPSA) is 74.6 Å². The first-order chi connectivity index (χ1) is 10.2. The summed E-state index contributed by atoms with van der Waals surface area (Å²) in [5.41, 5.74) is 0. The molecule has 0 fully saturated rings. The second kappa shape index (κ2) is 7.90. The van der Waals surface area contributed by atoms with Crippen LogP contribution in [-0.2, 0) is 9.84 Å². The van der Waals surface area contributed by atoms with Gasteiger partial charge in [0.15, 0.2) is 9.84 Å². The standard InChI is InChI=1S/C17H26O4S/c1-5-12(2)16(18)14(4)17(19)13(3)11-22(20,21)15-9-7-6-8-10-15/h5-10,12-14,16-19H,1,11H2,2-4H3/t12-,13+,14-,16?,17-/m1/s1. The third-order valence-corrected chi connectivity index (χ3v) is 6.11. The lowest BCUT2D eigenvalue weighted by Crippen LogP contribution is -2.39. The molecule has 22 heavy (non-hydrogen) atoms.